The van der Waals surface area contributed by atoms with Crippen molar-refractivity contribution in [1.82, 2.24) is 10.2 Å². The minimum atomic E-state index is -0.484. The van der Waals surface area contributed by atoms with Crippen LogP contribution in [0.1, 0.15) is 5.56 Å². The van der Waals surface area contributed by atoms with Crippen LogP contribution in [0.5, 0.6) is 0 Å². The van der Waals surface area contributed by atoms with Crippen LogP contribution in [0.3, 0.4) is 0 Å². The molecule has 4 nitrogen and oxygen atoms in total. The summed E-state index contributed by atoms with van der Waals surface area (Å²) in [7, 11) is 0. The molecule has 15 heavy (non-hydrogen) atoms. The van der Waals surface area contributed by atoms with Crippen molar-refractivity contribution in [1.29, 1.82) is 0 Å². The predicted molar refractivity (Wildman–Crippen MR) is 58.2 cm³/mol. The number of carbonyl (C=O) groups excluding carboxylic acids is 1. The minimum Gasteiger partial charge on any atom is -0.289 e. The first kappa shape index (κ1) is 11.6. The zero-order valence-corrected chi connectivity index (χ0v) is 8.67. The first-order valence-corrected chi connectivity index (χ1v) is 4.97. The summed E-state index contributed by atoms with van der Waals surface area (Å²) < 4.78 is 2.78. The minimum absolute atomic E-state index is 0.0397. The van der Waals surface area contributed by atoms with Gasteiger partial charge in [0.25, 0.3) is 5.91 Å². The molecule has 0 spiro atoms. The van der Waals surface area contributed by atoms with Gasteiger partial charge in [-0.1, -0.05) is 5.92 Å². The van der Waals surface area contributed by atoms with Gasteiger partial charge in [-0.2, -0.15) is 0 Å². The van der Waals surface area contributed by atoms with Gasteiger partial charge in [0.05, 0.1) is 6.54 Å². The predicted octanol–water partition coefficient (Wildman–Crippen LogP) is 0.770. The molecule has 0 aliphatic carbocycles. The van der Waals surface area contributed by atoms with E-state index in [4.69, 9.17) is 11.6 Å². The van der Waals surface area contributed by atoms with Gasteiger partial charge in [-0.25, -0.2) is 5.48 Å². The second kappa shape index (κ2) is 6.09. The molecule has 0 fully saturated rings. The molecule has 0 aliphatic rings. The molecule has 1 aromatic carbocycles. The lowest BCUT2D eigenvalue weighted by molar-refractivity contribution is -0.127. The first-order valence-electron chi connectivity index (χ1n) is 4.15. The van der Waals surface area contributed by atoms with E-state index in [1.54, 1.807) is 0 Å². The van der Waals surface area contributed by atoms with Gasteiger partial charge in [-0.15, -0.1) is 6.42 Å². The van der Waals surface area contributed by atoms with Crippen molar-refractivity contribution >= 4 is 17.9 Å². The Morgan fingerprint density at radius 3 is 2.67 bits per heavy atom. The zero-order valence-electron chi connectivity index (χ0n) is 7.86. The number of benzene rings is 1. The molecule has 0 aromatic heterocycles. The molecule has 1 aromatic rings. The summed E-state index contributed by atoms with van der Waals surface area (Å²) >= 11 is 1.29. The van der Waals surface area contributed by atoms with E-state index in [-0.39, 0.29) is 6.54 Å². The summed E-state index contributed by atoms with van der Waals surface area (Å²) in [6.07, 6.45) is 5.20. The van der Waals surface area contributed by atoms with E-state index in [0.29, 0.717) is 0 Å². The molecule has 0 heterocycles. The van der Waals surface area contributed by atoms with E-state index in [1.165, 1.54) is 17.4 Å². The molecule has 0 saturated carbocycles. The lowest BCUT2D eigenvalue weighted by Gasteiger charge is -2.02. The number of hydrogen-bond acceptors (Lipinski definition) is 4. The van der Waals surface area contributed by atoms with Gasteiger partial charge in [-0.05, 0) is 36.2 Å². The van der Waals surface area contributed by atoms with E-state index < -0.39 is 5.91 Å². The standard InChI is InChI=1S/C10H10N2O2S/c1-2-8-3-5-9(6-4-8)15-11-7-10(13)12-14/h1,3-6,11,14H,7H2,(H,12,13). The van der Waals surface area contributed by atoms with E-state index in [9.17, 15) is 4.79 Å². The third kappa shape index (κ3) is 4.04. The fraction of sp³-hybridized carbons (Fsp3) is 0.100. The van der Waals surface area contributed by atoms with Crippen LogP contribution in [0.15, 0.2) is 29.2 Å². The molecule has 0 saturated heterocycles. The molecule has 0 atom stereocenters. The molecule has 0 unspecified atom stereocenters. The number of rotatable bonds is 4. The Kier molecular flexibility index (Phi) is 4.71. The summed E-state index contributed by atoms with van der Waals surface area (Å²) in [5.41, 5.74) is 2.34. The molecule has 5 heteroatoms. The van der Waals surface area contributed by atoms with E-state index in [2.05, 4.69) is 10.6 Å². The van der Waals surface area contributed by atoms with E-state index in [0.717, 1.165) is 10.5 Å². The summed E-state index contributed by atoms with van der Waals surface area (Å²) in [5, 5.41) is 8.23. The summed E-state index contributed by atoms with van der Waals surface area (Å²) in [6, 6.07) is 7.33. The number of hydroxylamine groups is 1. The van der Waals surface area contributed by atoms with Gasteiger partial charge in [0.15, 0.2) is 0 Å². The Balaban J connectivity index is 2.38. The van der Waals surface area contributed by atoms with Gasteiger partial charge in [0, 0.05) is 10.5 Å². The van der Waals surface area contributed by atoms with Crippen LogP contribution < -0.4 is 10.2 Å². The summed E-state index contributed by atoms with van der Waals surface area (Å²) in [4.78, 5) is 11.6. The van der Waals surface area contributed by atoms with Crippen molar-refractivity contribution in [2.45, 2.75) is 4.90 Å². The highest BCUT2D eigenvalue weighted by Gasteiger charge is 1.98. The molecule has 0 aliphatic heterocycles. The fourth-order valence-electron chi connectivity index (χ4n) is 0.844. The largest absolute Gasteiger partial charge is 0.289 e. The highest BCUT2D eigenvalue weighted by molar-refractivity contribution is 7.97. The van der Waals surface area contributed by atoms with Crippen molar-refractivity contribution in [3.05, 3.63) is 29.8 Å². The Morgan fingerprint density at radius 2 is 2.13 bits per heavy atom. The molecule has 78 valence electrons. The lowest BCUT2D eigenvalue weighted by atomic mass is 10.2. The molecule has 0 radical (unpaired) electrons. The maximum Gasteiger partial charge on any atom is 0.258 e. The SMILES string of the molecule is C#Cc1ccc(SNCC(=O)NO)cc1. The topological polar surface area (TPSA) is 61.4 Å². The summed E-state index contributed by atoms with van der Waals surface area (Å²) in [6.45, 7) is 0.0397. The van der Waals surface area contributed by atoms with Gasteiger partial charge in [0.1, 0.15) is 0 Å². The molecule has 3 N–H and O–H groups in total. The van der Waals surface area contributed by atoms with Crippen LogP contribution in [0, 0.1) is 12.3 Å². The van der Waals surface area contributed by atoms with Crippen molar-refractivity contribution in [2.75, 3.05) is 6.54 Å². The van der Waals surface area contributed by atoms with Crippen LogP contribution in [-0.4, -0.2) is 17.7 Å². The average Bonchev–Trinajstić information content (AvgIpc) is 2.29. The van der Waals surface area contributed by atoms with Crippen LogP contribution in [-0.2, 0) is 4.79 Å². The highest BCUT2D eigenvalue weighted by atomic mass is 32.2. The van der Waals surface area contributed by atoms with Gasteiger partial charge in [-0.3, -0.25) is 14.7 Å². The maximum atomic E-state index is 10.6. The maximum absolute atomic E-state index is 10.6. The third-order valence-electron chi connectivity index (χ3n) is 1.57. The number of terminal acetylenes is 1. The number of carbonyl (C=O) groups is 1. The number of amides is 1. The fourth-order valence-corrected chi connectivity index (χ4v) is 1.49. The second-order valence-corrected chi connectivity index (χ2v) is 3.59. The first-order chi connectivity index (χ1) is 7.26. The van der Waals surface area contributed by atoms with E-state index in [1.807, 2.05) is 24.3 Å². The van der Waals surface area contributed by atoms with Crippen molar-refractivity contribution in [3.63, 3.8) is 0 Å². The van der Waals surface area contributed by atoms with Crippen LogP contribution >= 0.6 is 11.9 Å². The Labute approximate surface area is 92.2 Å². The van der Waals surface area contributed by atoms with Crippen molar-refractivity contribution < 1.29 is 10.0 Å². The van der Waals surface area contributed by atoms with Crippen LogP contribution in [0.25, 0.3) is 0 Å². The van der Waals surface area contributed by atoms with E-state index >= 15 is 0 Å². The number of nitrogens with one attached hydrogen (secondary N) is 2. The molecule has 1 rings (SSSR count). The molecule has 0 bridgehead atoms. The third-order valence-corrected chi connectivity index (χ3v) is 2.36. The monoisotopic (exact) mass is 222 g/mol. The molecule has 1 amide bonds. The lowest BCUT2D eigenvalue weighted by Crippen LogP contribution is -2.28. The van der Waals surface area contributed by atoms with Crippen LogP contribution in [0.4, 0.5) is 0 Å². The number of hydrogen-bond donors (Lipinski definition) is 3. The Hall–Kier alpha value is -1.48. The van der Waals surface area contributed by atoms with Crippen molar-refractivity contribution in [3.8, 4) is 12.3 Å². The van der Waals surface area contributed by atoms with Crippen molar-refractivity contribution in [2.24, 2.45) is 0 Å². The molecular formula is C10H10N2O2S. The Bertz CT molecular complexity index is 370. The van der Waals surface area contributed by atoms with Gasteiger partial charge in [0.2, 0.25) is 0 Å². The molecular weight excluding hydrogens is 212 g/mol. The average molecular weight is 222 g/mol. The quantitative estimate of drug-likeness (QED) is 0.305. The second-order valence-electron chi connectivity index (χ2n) is 2.63. The summed E-state index contributed by atoms with van der Waals surface area (Å²) in [5.74, 6) is 2.03. The van der Waals surface area contributed by atoms with Crippen LogP contribution in [0.2, 0.25) is 0 Å². The zero-order chi connectivity index (χ0) is 11.1. The smallest absolute Gasteiger partial charge is 0.258 e. The van der Waals surface area contributed by atoms with Gasteiger partial charge < -0.3 is 0 Å². The van der Waals surface area contributed by atoms with Gasteiger partial charge >= 0.3 is 0 Å². The highest BCUT2D eigenvalue weighted by Crippen LogP contribution is 2.14. The normalized spacial score (nSPS) is 9.33. The Morgan fingerprint density at radius 1 is 1.47 bits per heavy atom.